The van der Waals surface area contributed by atoms with Gasteiger partial charge >= 0.3 is 5.69 Å². The van der Waals surface area contributed by atoms with Crippen molar-refractivity contribution in [3.63, 3.8) is 0 Å². The Kier molecular flexibility index (Phi) is 5.28. The average molecular weight is 353 g/mol. The van der Waals surface area contributed by atoms with E-state index in [-0.39, 0.29) is 5.91 Å². The maximum absolute atomic E-state index is 12.7. The Morgan fingerprint density at radius 2 is 1.92 bits per heavy atom. The Labute approximate surface area is 149 Å². The summed E-state index contributed by atoms with van der Waals surface area (Å²) in [6.07, 6.45) is 0.703. The number of fused-ring (bicyclic) bond motifs is 1. The summed E-state index contributed by atoms with van der Waals surface area (Å²) in [7, 11) is 1.60. The van der Waals surface area contributed by atoms with E-state index in [1.165, 1.54) is 6.07 Å². The van der Waals surface area contributed by atoms with E-state index in [0.717, 1.165) is 4.57 Å². The predicted molar refractivity (Wildman–Crippen MR) is 99.0 cm³/mol. The van der Waals surface area contributed by atoms with Gasteiger partial charge in [-0.25, -0.2) is 9.36 Å². The molecule has 3 rings (SSSR count). The van der Waals surface area contributed by atoms with Crippen molar-refractivity contribution in [2.75, 3.05) is 20.3 Å². The van der Waals surface area contributed by atoms with Gasteiger partial charge in [-0.05, 0) is 36.8 Å². The Morgan fingerprint density at radius 3 is 2.65 bits per heavy atom. The van der Waals surface area contributed by atoms with Gasteiger partial charge in [0, 0.05) is 25.8 Å². The van der Waals surface area contributed by atoms with Crippen molar-refractivity contribution in [2.45, 2.75) is 6.42 Å². The molecule has 0 unspecified atom stereocenters. The highest BCUT2D eigenvalue weighted by Gasteiger charge is 2.12. The molecule has 2 N–H and O–H groups in total. The van der Waals surface area contributed by atoms with Gasteiger partial charge < -0.3 is 15.0 Å². The quantitative estimate of drug-likeness (QED) is 0.656. The zero-order chi connectivity index (χ0) is 18.5. The molecule has 0 saturated carbocycles. The molecular formula is C19H19N3O4. The molecule has 0 aliphatic heterocycles. The van der Waals surface area contributed by atoms with Crippen LogP contribution in [0.1, 0.15) is 16.8 Å². The molecule has 0 bridgehead atoms. The van der Waals surface area contributed by atoms with Crippen molar-refractivity contribution in [1.29, 1.82) is 0 Å². The van der Waals surface area contributed by atoms with Gasteiger partial charge in [0.15, 0.2) is 0 Å². The minimum atomic E-state index is -0.550. The molecule has 134 valence electrons. The minimum Gasteiger partial charge on any atom is -0.385 e. The Balaban J connectivity index is 1.96. The van der Waals surface area contributed by atoms with E-state index >= 15 is 0 Å². The van der Waals surface area contributed by atoms with Crippen LogP contribution < -0.4 is 16.6 Å². The van der Waals surface area contributed by atoms with E-state index in [9.17, 15) is 14.4 Å². The number of para-hydroxylation sites is 1. The number of nitrogens with zero attached hydrogens (tertiary/aromatic N) is 1. The lowest BCUT2D eigenvalue weighted by Gasteiger charge is -2.08. The first-order valence-electron chi connectivity index (χ1n) is 8.23. The number of ether oxygens (including phenoxy) is 1. The summed E-state index contributed by atoms with van der Waals surface area (Å²) in [4.78, 5) is 39.9. The summed E-state index contributed by atoms with van der Waals surface area (Å²) < 4.78 is 6.01. The number of hydrogen-bond acceptors (Lipinski definition) is 4. The molecule has 0 spiro atoms. The first-order valence-corrected chi connectivity index (χ1v) is 8.23. The second-order valence-corrected chi connectivity index (χ2v) is 5.77. The third-order valence-corrected chi connectivity index (χ3v) is 3.99. The maximum atomic E-state index is 12.7. The lowest BCUT2D eigenvalue weighted by Crippen LogP contribution is -2.33. The molecular weight excluding hydrogens is 334 g/mol. The van der Waals surface area contributed by atoms with Gasteiger partial charge in [0.25, 0.3) is 11.5 Å². The van der Waals surface area contributed by atoms with Crippen molar-refractivity contribution in [3.8, 4) is 5.69 Å². The lowest BCUT2D eigenvalue weighted by atomic mass is 10.1. The fourth-order valence-electron chi connectivity index (χ4n) is 2.69. The maximum Gasteiger partial charge on any atom is 0.333 e. The molecule has 0 aliphatic rings. The fourth-order valence-corrected chi connectivity index (χ4v) is 2.69. The summed E-state index contributed by atoms with van der Waals surface area (Å²) in [6.45, 7) is 1.04. The topological polar surface area (TPSA) is 93.2 Å². The molecule has 0 saturated heterocycles. The lowest BCUT2D eigenvalue weighted by molar-refractivity contribution is 0.0948. The first-order chi connectivity index (χ1) is 12.6. The van der Waals surface area contributed by atoms with E-state index in [4.69, 9.17) is 4.74 Å². The number of aromatic nitrogens is 2. The molecule has 1 heterocycles. The number of H-pyrrole nitrogens is 1. The highest BCUT2D eigenvalue weighted by atomic mass is 16.5. The van der Waals surface area contributed by atoms with Crippen molar-refractivity contribution < 1.29 is 9.53 Å². The third-order valence-electron chi connectivity index (χ3n) is 3.99. The third kappa shape index (κ3) is 3.57. The van der Waals surface area contributed by atoms with Gasteiger partial charge in [0.1, 0.15) is 0 Å². The molecule has 3 aromatic rings. The van der Waals surface area contributed by atoms with Crippen molar-refractivity contribution in [1.82, 2.24) is 14.9 Å². The summed E-state index contributed by atoms with van der Waals surface area (Å²) in [5.74, 6) is -0.268. The molecule has 2 aromatic carbocycles. The Morgan fingerprint density at radius 1 is 1.15 bits per heavy atom. The van der Waals surface area contributed by atoms with Crippen LogP contribution in [0.4, 0.5) is 0 Å². The van der Waals surface area contributed by atoms with Crippen molar-refractivity contribution in [3.05, 3.63) is 74.9 Å². The zero-order valence-corrected chi connectivity index (χ0v) is 14.3. The van der Waals surface area contributed by atoms with E-state index in [1.807, 2.05) is 0 Å². The molecule has 26 heavy (non-hydrogen) atoms. The number of carbonyl (C=O) groups is 1. The molecule has 0 fully saturated rings. The van der Waals surface area contributed by atoms with E-state index < -0.39 is 11.2 Å². The summed E-state index contributed by atoms with van der Waals surface area (Å²) in [5, 5.41) is 3.11. The van der Waals surface area contributed by atoms with E-state index in [1.54, 1.807) is 49.6 Å². The molecule has 0 atom stereocenters. The van der Waals surface area contributed by atoms with Crippen LogP contribution in [-0.2, 0) is 4.74 Å². The van der Waals surface area contributed by atoms with E-state index in [0.29, 0.717) is 41.7 Å². The van der Waals surface area contributed by atoms with Crippen LogP contribution in [0, 0.1) is 0 Å². The number of aromatic amines is 1. The average Bonchev–Trinajstić information content (AvgIpc) is 2.65. The predicted octanol–water partition coefficient (Wildman–Crippen LogP) is 1.45. The molecule has 7 nitrogen and oxygen atoms in total. The van der Waals surface area contributed by atoms with E-state index in [2.05, 4.69) is 10.3 Å². The molecule has 0 radical (unpaired) electrons. The molecule has 7 heteroatoms. The second-order valence-electron chi connectivity index (χ2n) is 5.77. The molecule has 1 aromatic heterocycles. The molecule has 1 amide bonds. The van der Waals surface area contributed by atoms with Crippen molar-refractivity contribution in [2.24, 2.45) is 0 Å². The SMILES string of the molecule is COCCCNC(=O)c1ccc2c(=O)n(-c3ccccc3)c(=O)[nH]c2c1. The number of hydrogen-bond donors (Lipinski definition) is 2. The number of amides is 1. The second kappa shape index (κ2) is 7.79. The highest BCUT2D eigenvalue weighted by Crippen LogP contribution is 2.10. The minimum absolute atomic E-state index is 0.268. The summed E-state index contributed by atoms with van der Waals surface area (Å²) in [5.41, 5.74) is 0.216. The van der Waals surface area contributed by atoms with Crippen LogP contribution in [-0.4, -0.2) is 35.7 Å². The Hall–Kier alpha value is -3.19. The first kappa shape index (κ1) is 17.6. The van der Waals surface area contributed by atoms with Gasteiger partial charge in [-0.15, -0.1) is 0 Å². The monoisotopic (exact) mass is 353 g/mol. The van der Waals surface area contributed by atoms with Gasteiger partial charge in [-0.1, -0.05) is 18.2 Å². The normalized spacial score (nSPS) is 10.8. The fraction of sp³-hybridized carbons (Fsp3) is 0.211. The number of nitrogens with one attached hydrogen (secondary N) is 2. The summed E-state index contributed by atoms with van der Waals surface area (Å²) >= 11 is 0. The zero-order valence-electron chi connectivity index (χ0n) is 14.3. The van der Waals surface area contributed by atoms with Crippen LogP contribution in [0.15, 0.2) is 58.1 Å². The number of carbonyl (C=O) groups excluding carboxylic acids is 1. The van der Waals surface area contributed by atoms with Crippen LogP contribution in [0.5, 0.6) is 0 Å². The van der Waals surface area contributed by atoms with Gasteiger partial charge in [-0.2, -0.15) is 0 Å². The van der Waals surface area contributed by atoms with Crippen molar-refractivity contribution >= 4 is 16.8 Å². The van der Waals surface area contributed by atoms with Crippen LogP contribution in [0.2, 0.25) is 0 Å². The number of rotatable bonds is 6. The number of benzene rings is 2. The van der Waals surface area contributed by atoms with Gasteiger partial charge in [0.05, 0.1) is 16.6 Å². The number of methoxy groups -OCH3 is 1. The van der Waals surface area contributed by atoms with Crippen LogP contribution in [0.25, 0.3) is 16.6 Å². The van der Waals surface area contributed by atoms with Crippen LogP contribution in [0.3, 0.4) is 0 Å². The Bertz CT molecular complexity index is 1040. The largest absolute Gasteiger partial charge is 0.385 e. The van der Waals surface area contributed by atoms with Crippen LogP contribution >= 0.6 is 0 Å². The standard InChI is InChI=1S/C19H19N3O4/c1-26-11-5-10-20-17(23)13-8-9-15-16(12-13)21-19(25)22(18(15)24)14-6-3-2-4-7-14/h2-4,6-9,12H,5,10-11H2,1H3,(H,20,23)(H,21,25). The smallest absolute Gasteiger partial charge is 0.333 e. The summed E-state index contributed by atoms with van der Waals surface area (Å²) in [6, 6.07) is 13.3. The highest BCUT2D eigenvalue weighted by molar-refractivity contribution is 5.97. The molecule has 0 aliphatic carbocycles. The van der Waals surface area contributed by atoms with Gasteiger partial charge in [-0.3, -0.25) is 9.59 Å². The van der Waals surface area contributed by atoms with Gasteiger partial charge in [0.2, 0.25) is 0 Å².